The molecule has 0 unspecified atom stereocenters. The molecule has 190 valence electrons. The van der Waals surface area contributed by atoms with Gasteiger partial charge in [-0.25, -0.2) is 4.79 Å². The Balaban J connectivity index is 2.27. The number of aliphatic hydroxyl groups is 2. The number of amides is 1. The lowest BCUT2D eigenvalue weighted by Crippen LogP contribution is -2.53. The average molecular weight is 458 g/mol. The summed E-state index contributed by atoms with van der Waals surface area (Å²) in [6, 6.07) is -0.468. The van der Waals surface area contributed by atoms with Crippen molar-refractivity contribution in [3.63, 3.8) is 0 Å². The van der Waals surface area contributed by atoms with E-state index in [1.54, 1.807) is 0 Å². The fourth-order valence-corrected chi connectivity index (χ4v) is 4.35. The molecule has 1 amide bonds. The summed E-state index contributed by atoms with van der Waals surface area (Å²) < 4.78 is 11.3. The molecule has 0 radical (unpaired) electrons. The second kappa shape index (κ2) is 14.4. The van der Waals surface area contributed by atoms with Crippen molar-refractivity contribution in [1.82, 2.24) is 4.90 Å². The second-order valence-corrected chi connectivity index (χ2v) is 10.9. The third-order valence-corrected chi connectivity index (χ3v) is 6.24. The molecular weight excluding hydrogens is 406 g/mol. The van der Waals surface area contributed by atoms with Gasteiger partial charge < -0.3 is 19.7 Å². The van der Waals surface area contributed by atoms with Gasteiger partial charge in [-0.15, -0.1) is 0 Å². The van der Waals surface area contributed by atoms with Crippen LogP contribution in [0.3, 0.4) is 0 Å². The van der Waals surface area contributed by atoms with Crippen LogP contribution in [0.15, 0.2) is 0 Å². The van der Waals surface area contributed by atoms with E-state index in [0.29, 0.717) is 12.8 Å². The van der Waals surface area contributed by atoms with Gasteiger partial charge in [-0.3, -0.25) is 4.90 Å². The molecule has 32 heavy (non-hydrogen) atoms. The first-order valence-corrected chi connectivity index (χ1v) is 13.0. The molecule has 1 saturated heterocycles. The maximum atomic E-state index is 12.7. The number of unbranched alkanes of at least 4 members (excludes halogenated alkanes) is 9. The highest BCUT2D eigenvalue weighted by atomic mass is 16.6. The van der Waals surface area contributed by atoms with Gasteiger partial charge in [0.15, 0.2) is 0 Å². The highest BCUT2D eigenvalue weighted by molar-refractivity contribution is 5.69. The first-order valence-electron chi connectivity index (χ1n) is 13.0. The summed E-state index contributed by atoms with van der Waals surface area (Å²) in [5.41, 5.74) is -1.45. The summed E-state index contributed by atoms with van der Waals surface area (Å²) in [6.07, 6.45) is 12.9. The molecule has 0 saturated carbocycles. The molecule has 0 aliphatic carbocycles. The predicted octanol–water partition coefficient (Wildman–Crippen LogP) is 6.17. The van der Waals surface area contributed by atoms with E-state index in [9.17, 15) is 15.0 Å². The molecule has 3 atom stereocenters. The van der Waals surface area contributed by atoms with Crippen molar-refractivity contribution in [2.45, 2.75) is 155 Å². The number of hydrogen-bond donors (Lipinski definition) is 2. The molecule has 0 aromatic heterocycles. The molecule has 1 aliphatic heterocycles. The van der Waals surface area contributed by atoms with E-state index in [4.69, 9.17) is 9.47 Å². The summed E-state index contributed by atoms with van der Waals surface area (Å²) >= 11 is 0. The number of rotatable bonds is 15. The van der Waals surface area contributed by atoms with Crippen molar-refractivity contribution < 1.29 is 24.5 Å². The molecule has 0 aromatic carbocycles. The minimum absolute atomic E-state index is 0.266. The molecule has 0 bridgehead atoms. The Labute approximate surface area is 197 Å². The highest BCUT2D eigenvalue weighted by Crippen LogP contribution is 2.32. The zero-order valence-electron chi connectivity index (χ0n) is 21.7. The number of ether oxygens (including phenoxy) is 2. The monoisotopic (exact) mass is 457 g/mol. The Morgan fingerprint density at radius 1 is 0.969 bits per heavy atom. The first-order chi connectivity index (χ1) is 15.0. The van der Waals surface area contributed by atoms with Crippen LogP contribution in [0, 0.1) is 0 Å². The number of carbonyl (C=O) groups is 1. The smallest absolute Gasteiger partial charge is 0.412 e. The quantitative estimate of drug-likeness (QED) is 0.287. The van der Waals surface area contributed by atoms with E-state index in [1.165, 1.54) is 56.3 Å². The first kappa shape index (κ1) is 29.2. The lowest BCUT2D eigenvalue weighted by atomic mass is 9.99. The Morgan fingerprint density at radius 3 is 2.03 bits per heavy atom. The van der Waals surface area contributed by atoms with Gasteiger partial charge >= 0.3 is 6.09 Å². The molecule has 1 fully saturated rings. The predicted molar refractivity (Wildman–Crippen MR) is 130 cm³/mol. The topological polar surface area (TPSA) is 79.2 Å². The standard InChI is InChI=1S/C26H51NO5/c1-7-8-9-10-11-12-13-14-15-16-17-21(28)18-19-23(29)22-20-31-26(5,6)27(22)24(30)32-25(2,3)4/h21-23,28-29H,7-20H2,1-6H3/t21-,22+,23-/m1/s1. The van der Waals surface area contributed by atoms with Crippen molar-refractivity contribution in [1.29, 1.82) is 0 Å². The average Bonchev–Trinajstić information content (AvgIpc) is 3.01. The van der Waals surface area contributed by atoms with Crippen LogP contribution in [-0.2, 0) is 9.47 Å². The van der Waals surface area contributed by atoms with E-state index in [1.807, 2.05) is 34.6 Å². The molecule has 1 rings (SSSR count). The van der Waals surface area contributed by atoms with E-state index in [2.05, 4.69) is 6.92 Å². The number of aliphatic hydroxyl groups excluding tert-OH is 2. The molecular formula is C26H51NO5. The maximum Gasteiger partial charge on any atom is 0.412 e. The fraction of sp³-hybridized carbons (Fsp3) is 0.962. The number of carbonyl (C=O) groups excluding carboxylic acids is 1. The van der Waals surface area contributed by atoms with Crippen LogP contribution in [0.4, 0.5) is 4.79 Å². The third kappa shape index (κ3) is 11.3. The Morgan fingerprint density at radius 2 is 1.50 bits per heavy atom. The molecule has 6 nitrogen and oxygen atoms in total. The van der Waals surface area contributed by atoms with Crippen molar-refractivity contribution in [3.8, 4) is 0 Å². The summed E-state index contributed by atoms with van der Waals surface area (Å²) in [5.74, 6) is 0. The van der Waals surface area contributed by atoms with Crippen LogP contribution >= 0.6 is 0 Å². The Hall–Kier alpha value is -0.850. The maximum absolute atomic E-state index is 12.7. The van der Waals surface area contributed by atoms with Crippen LogP contribution in [0.1, 0.15) is 125 Å². The van der Waals surface area contributed by atoms with Gasteiger partial charge in [0.05, 0.1) is 24.9 Å². The number of nitrogens with zero attached hydrogens (tertiary/aromatic N) is 1. The van der Waals surface area contributed by atoms with Gasteiger partial charge in [0.25, 0.3) is 0 Å². The lowest BCUT2D eigenvalue weighted by molar-refractivity contribution is -0.0684. The van der Waals surface area contributed by atoms with Crippen molar-refractivity contribution in [2.75, 3.05) is 6.61 Å². The van der Waals surface area contributed by atoms with Crippen molar-refractivity contribution >= 4 is 6.09 Å². The minimum atomic E-state index is -0.831. The van der Waals surface area contributed by atoms with E-state index >= 15 is 0 Å². The van der Waals surface area contributed by atoms with Crippen LogP contribution in [0.25, 0.3) is 0 Å². The summed E-state index contributed by atoms with van der Waals surface area (Å²) in [6.45, 7) is 11.6. The van der Waals surface area contributed by atoms with Gasteiger partial charge in [0.2, 0.25) is 0 Å². The van der Waals surface area contributed by atoms with Crippen LogP contribution in [0.5, 0.6) is 0 Å². The van der Waals surface area contributed by atoms with Crippen LogP contribution < -0.4 is 0 Å². The summed E-state index contributed by atoms with van der Waals surface area (Å²) in [5, 5.41) is 21.1. The van der Waals surface area contributed by atoms with Crippen LogP contribution in [0.2, 0.25) is 0 Å². The van der Waals surface area contributed by atoms with Gasteiger partial charge in [-0.05, 0) is 53.9 Å². The zero-order chi connectivity index (χ0) is 24.2. The molecule has 6 heteroatoms. The molecule has 0 aromatic rings. The molecule has 0 spiro atoms. The van der Waals surface area contributed by atoms with Crippen LogP contribution in [-0.4, -0.2) is 57.4 Å². The second-order valence-electron chi connectivity index (χ2n) is 10.9. The zero-order valence-corrected chi connectivity index (χ0v) is 21.7. The lowest BCUT2D eigenvalue weighted by Gasteiger charge is -2.36. The van der Waals surface area contributed by atoms with E-state index < -0.39 is 35.7 Å². The highest BCUT2D eigenvalue weighted by Gasteiger charge is 2.48. The van der Waals surface area contributed by atoms with Gasteiger partial charge in [0, 0.05) is 0 Å². The molecule has 1 aliphatic rings. The van der Waals surface area contributed by atoms with E-state index in [0.717, 1.165) is 19.3 Å². The third-order valence-electron chi connectivity index (χ3n) is 6.24. The molecule has 1 heterocycles. The SMILES string of the molecule is CCCCCCCCCCCC[C@@H](O)CC[C@@H](O)[C@@H]1COC(C)(C)N1C(=O)OC(C)(C)C. The summed E-state index contributed by atoms with van der Waals surface area (Å²) in [4.78, 5) is 14.2. The fourth-order valence-electron chi connectivity index (χ4n) is 4.35. The summed E-state index contributed by atoms with van der Waals surface area (Å²) in [7, 11) is 0. The van der Waals surface area contributed by atoms with Gasteiger partial charge in [0.1, 0.15) is 11.3 Å². The van der Waals surface area contributed by atoms with Crippen molar-refractivity contribution in [2.24, 2.45) is 0 Å². The number of hydrogen-bond acceptors (Lipinski definition) is 5. The molecule has 2 N–H and O–H groups in total. The van der Waals surface area contributed by atoms with Gasteiger partial charge in [-0.1, -0.05) is 71.1 Å². The largest absolute Gasteiger partial charge is 0.444 e. The Kier molecular flexibility index (Phi) is 13.2. The van der Waals surface area contributed by atoms with E-state index in [-0.39, 0.29) is 6.61 Å². The normalized spacial score (nSPS) is 20.4. The Bertz CT molecular complexity index is 517. The van der Waals surface area contributed by atoms with Gasteiger partial charge in [-0.2, -0.15) is 0 Å². The minimum Gasteiger partial charge on any atom is -0.444 e. The van der Waals surface area contributed by atoms with Crippen molar-refractivity contribution in [3.05, 3.63) is 0 Å².